The van der Waals surface area contributed by atoms with Gasteiger partial charge in [-0.3, -0.25) is 4.79 Å². The molecule has 2 aromatic carbocycles. The highest BCUT2D eigenvalue weighted by Crippen LogP contribution is 2.25. The summed E-state index contributed by atoms with van der Waals surface area (Å²) >= 11 is 6.00. The zero-order valence-electron chi connectivity index (χ0n) is 12.3. The molecule has 0 fully saturated rings. The van der Waals surface area contributed by atoms with E-state index >= 15 is 0 Å². The van der Waals surface area contributed by atoms with Gasteiger partial charge in [0.05, 0.1) is 10.7 Å². The number of anilines is 2. The first kappa shape index (κ1) is 16.8. The second-order valence-electron chi connectivity index (χ2n) is 4.77. The Labute approximate surface area is 137 Å². The Morgan fingerprint density at radius 2 is 1.87 bits per heavy atom. The van der Waals surface area contributed by atoms with Crippen LogP contribution in [0.25, 0.3) is 0 Å². The molecule has 0 spiro atoms. The molecule has 2 rings (SSSR count). The summed E-state index contributed by atoms with van der Waals surface area (Å²) in [5, 5.41) is 8.01. The van der Waals surface area contributed by atoms with Crippen molar-refractivity contribution in [3.63, 3.8) is 0 Å². The van der Waals surface area contributed by atoms with Crippen molar-refractivity contribution < 1.29 is 14.0 Å². The number of amides is 3. The Hall–Kier alpha value is -2.60. The fourth-order valence-electron chi connectivity index (χ4n) is 1.89. The van der Waals surface area contributed by atoms with Crippen LogP contribution in [0.2, 0.25) is 5.02 Å². The van der Waals surface area contributed by atoms with Gasteiger partial charge in [0.2, 0.25) is 5.91 Å². The zero-order valence-corrected chi connectivity index (χ0v) is 13.1. The average molecular weight is 336 g/mol. The van der Waals surface area contributed by atoms with Gasteiger partial charge in [0.25, 0.3) is 0 Å². The Bertz CT molecular complexity index is 737. The molecule has 0 saturated heterocycles. The number of carbonyl (C=O) groups is 2. The van der Waals surface area contributed by atoms with Gasteiger partial charge in [-0.05, 0) is 24.3 Å². The predicted octanol–water partition coefficient (Wildman–Crippen LogP) is 3.76. The van der Waals surface area contributed by atoms with Crippen molar-refractivity contribution in [2.45, 2.75) is 13.5 Å². The summed E-state index contributed by atoms with van der Waals surface area (Å²) in [6.45, 7) is 1.42. The summed E-state index contributed by atoms with van der Waals surface area (Å²) in [6.07, 6.45) is 0. The van der Waals surface area contributed by atoms with Crippen LogP contribution in [0.5, 0.6) is 0 Å². The third-order valence-corrected chi connectivity index (χ3v) is 3.26. The van der Waals surface area contributed by atoms with E-state index in [-0.39, 0.29) is 12.5 Å². The van der Waals surface area contributed by atoms with E-state index in [1.54, 1.807) is 30.3 Å². The van der Waals surface area contributed by atoms with Crippen molar-refractivity contribution in [3.8, 4) is 0 Å². The largest absolute Gasteiger partial charge is 0.334 e. The third kappa shape index (κ3) is 4.96. The fraction of sp³-hybridized carbons (Fsp3) is 0.125. The number of rotatable bonds is 4. The van der Waals surface area contributed by atoms with Crippen LogP contribution in [0, 0.1) is 5.82 Å². The van der Waals surface area contributed by atoms with Gasteiger partial charge in [-0.1, -0.05) is 29.8 Å². The number of carbonyl (C=O) groups excluding carboxylic acids is 2. The highest BCUT2D eigenvalue weighted by atomic mass is 35.5. The van der Waals surface area contributed by atoms with Crippen molar-refractivity contribution in [3.05, 3.63) is 58.9 Å². The zero-order chi connectivity index (χ0) is 16.8. The minimum atomic E-state index is -0.532. The SMILES string of the molecule is CC(=O)Nc1ccc(Cl)c(NC(=O)NCc2ccccc2F)c1. The summed E-state index contributed by atoms with van der Waals surface area (Å²) < 4.78 is 13.5. The number of benzene rings is 2. The molecule has 0 unspecified atom stereocenters. The molecule has 7 heteroatoms. The van der Waals surface area contributed by atoms with Gasteiger partial charge in [0.1, 0.15) is 5.82 Å². The lowest BCUT2D eigenvalue weighted by molar-refractivity contribution is -0.114. The standard InChI is InChI=1S/C16H15ClFN3O2/c1-10(22)20-12-6-7-13(17)15(8-12)21-16(23)19-9-11-4-2-3-5-14(11)18/h2-8H,9H2,1H3,(H,20,22)(H2,19,21,23). The van der Waals surface area contributed by atoms with Crippen LogP contribution in [0.4, 0.5) is 20.6 Å². The maximum absolute atomic E-state index is 13.5. The van der Waals surface area contributed by atoms with Gasteiger partial charge >= 0.3 is 6.03 Å². The topological polar surface area (TPSA) is 70.2 Å². The number of halogens is 2. The highest BCUT2D eigenvalue weighted by Gasteiger charge is 2.08. The number of hydrogen-bond acceptors (Lipinski definition) is 2. The van der Waals surface area contributed by atoms with Crippen LogP contribution < -0.4 is 16.0 Å². The number of nitrogens with one attached hydrogen (secondary N) is 3. The second-order valence-corrected chi connectivity index (χ2v) is 5.18. The summed E-state index contributed by atoms with van der Waals surface area (Å²) in [5.74, 6) is -0.624. The minimum absolute atomic E-state index is 0.0432. The maximum Gasteiger partial charge on any atom is 0.319 e. The molecule has 2 aromatic rings. The van der Waals surface area contributed by atoms with Crippen LogP contribution in [-0.2, 0) is 11.3 Å². The normalized spacial score (nSPS) is 10.0. The molecule has 0 radical (unpaired) electrons. The first-order chi connectivity index (χ1) is 11.0. The molecule has 120 valence electrons. The lowest BCUT2D eigenvalue weighted by Gasteiger charge is -2.11. The lowest BCUT2D eigenvalue weighted by atomic mass is 10.2. The van der Waals surface area contributed by atoms with Gasteiger partial charge in [-0.25, -0.2) is 9.18 Å². The van der Waals surface area contributed by atoms with Crippen molar-refractivity contribution >= 4 is 34.9 Å². The molecule has 0 bridgehead atoms. The lowest BCUT2D eigenvalue weighted by Crippen LogP contribution is -2.28. The third-order valence-electron chi connectivity index (χ3n) is 2.93. The molecule has 0 aromatic heterocycles. The summed E-state index contributed by atoms with van der Waals surface area (Å²) in [7, 11) is 0. The van der Waals surface area contributed by atoms with Crippen LogP contribution in [0.1, 0.15) is 12.5 Å². The second kappa shape index (κ2) is 7.60. The predicted molar refractivity (Wildman–Crippen MR) is 88.0 cm³/mol. The first-order valence-electron chi connectivity index (χ1n) is 6.81. The highest BCUT2D eigenvalue weighted by molar-refractivity contribution is 6.33. The van der Waals surface area contributed by atoms with E-state index in [9.17, 15) is 14.0 Å². The fourth-order valence-corrected chi connectivity index (χ4v) is 2.05. The van der Waals surface area contributed by atoms with Gasteiger partial charge in [-0.15, -0.1) is 0 Å². The van der Waals surface area contributed by atoms with E-state index in [1.807, 2.05) is 0 Å². The van der Waals surface area contributed by atoms with Crippen molar-refractivity contribution in [1.29, 1.82) is 0 Å². The van der Waals surface area contributed by atoms with Crippen LogP contribution in [-0.4, -0.2) is 11.9 Å². The number of urea groups is 1. The van der Waals surface area contributed by atoms with E-state index in [0.29, 0.717) is 22.0 Å². The smallest absolute Gasteiger partial charge is 0.319 e. The van der Waals surface area contributed by atoms with Crippen molar-refractivity contribution in [2.75, 3.05) is 10.6 Å². The molecule has 0 saturated carbocycles. The molecule has 23 heavy (non-hydrogen) atoms. The Morgan fingerprint density at radius 1 is 1.13 bits per heavy atom. The Balaban J connectivity index is 1.99. The molecule has 0 atom stereocenters. The van der Waals surface area contributed by atoms with E-state index in [2.05, 4.69) is 16.0 Å². The van der Waals surface area contributed by atoms with E-state index < -0.39 is 11.8 Å². The molecular formula is C16H15ClFN3O2. The molecule has 5 nitrogen and oxygen atoms in total. The number of hydrogen-bond donors (Lipinski definition) is 3. The van der Waals surface area contributed by atoms with Crippen LogP contribution in [0.3, 0.4) is 0 Å². The molecule has 0 aliphatic rings. The molecule has 0 aliphatic heterocycles. The molecule has 0 aliphatic carbocycles. The molecule has 3 amide bonds. The van der Waals surface area contributed by atoms with Gasteiger partial charge in [0, 0.05) is 24.7 Å². The quantitative estimate of drug-likeness (QED) is 0.796. The Morgan fingerprint density at radius 3 is 2.57 bits per heavy atom. The van der Waals surface area contributed by atoms with Crippen molar-refractivity contribution in [1.82, 2.24) is 5.32 Å². The van der Waals surface area contributed by atoms with Gasteiger partial charge < -0.3 is 16.0 Å². The van der Waals surface area contributed by atoms with E-state index in [0.717, 1.165) is 0 Å². The minimum Gasteiger partial charge on any atom is -0.334 e. The maximum atomic E-state index is 13.5. The Kier molecular flexibility index (Phi) is 5.54. The summed E-state index contributed by atoms with van der Waals surface area (Å²) in [5.41, 5.74) is 1.22. The van der Waals surface area contributed by atoms with E-state index in [4.69, 9.17) is 11.6 Å². The average Bonchev–Trinajstić information content (AvgIpc) is 2.49. The van der Waals surface area contributed by atoms with E-state index in [1.165, 1.54) is 19.1 Å². The summed E-state index contributed by atoms with van der Waals surface area (Å²) in [6, 6.07) is 10.3. The van der Waals surface area contributed by atoms with Crippen LogP contribution in [0.15, 0.2) is 42.5 Å². The van der Waals surface area contributed by atoms with Crippen molar-refractivity contribution in [2.24, 2.45) is 0 Å². The van der Waals surface area contributed by atoms with Crippen LogP contribution >= 0.6 is 11.6 Å². The summed E-state index contributed by atoms with van der Waals surface area (Å²) in [4.78, 5) is 22.9. The monoisotopic (exact) mass is 335 g/mol. The first-order valence-corrected chi connectivity index (χ1v) is 7.19. The van der Waals surface area contributed by atoms with Gasteiger partial charge in [-0.2, -0.15) is 0 Å². The molecule has 3 N–H and O–H groups in total. The van der Waals surface area contributed by atoms with Gasteiger partial charge in [0.15, 0.2) is 0 Å². The molecular weight excluding hydrogens is 321 g/mol. The molecule has 0 heterocycles.